The van der Waals surface area contributed by atoms with E-state index in [2.05, 4.69) is 10.6 Å². The van der Waals surface area contributed by atoms with Crippen molar-refractivity contribution in [1.29, 1.82) is 0 Å². The van der Waals surface area contributed by atoms with Gasteiger partial charge in [-0.3, -0.25) is 14.9 Å². The summed E-state index contributed by atoms with van der Waals surface area (Å²) in [5.41, 5.74) is -0.0968. The molecular formula is C14H10F2N2O3S. The predicted molar refractivity (Wildman–Crippen MR) is 77.5 cm³/mol. The zero-order chi connectivity index (χ0) is 16.1. The fraction of sp³-hybridized carbons (Fsp3) is 0.0714. The van der Waals surface area contributed by atoms with Crippen molar-refractivity contribution in [1.82, 2.24) is 10.6 Å². The molecule has 2 N–H and O–H groups in total. The Morgan fingerprint density at radius 1 is 1.18 bits per heavy atom. The molecule has 0 aliphatic rings. The van der Waals surface area contributed by atoms with Crippen molar-refractivity contribution in [2.24, 2.45) is 0 Å². The minimum atomic E-state index is -1.14. The molecule has 0 saturated carbocycles. The maximum atomic E-state index is 13.0. The number of benzene rings is 1. The van der Waals surface area contributed by atoms with Crippen LogP contribution in [0.15, 0.2) is 41.0 Å². The summed E-state index contributed by atoms with van der Waals surface area (Å²) in [5.74, 6) is -3.11. The molecule has 0 spiro atoms. The second-order valence-electron chi connectivity index (χ2n) is 4.17. The fourth-order valence-corrected chi connectivity index (χ4v) is 1.71. The zero-order valence-corrected chi connectivity index (χ0v) is 11.9. The minimum Gasteiger partial charge on any atom is -0.461 e. The van der Waals surface area contributed by atoms with Crippen molar-refractivity contribution >= 4 is 29.0 Å². The number of furan rings is 1. The van der Waals surface area contributed by atoms with E-state index in [4.69, 9.17) is 16.6 Å². The molecule has 114 valence electrons. The van der Waals surface area contributed by atoms with Crippen LogP contribution in [0.1, 0.15) is 20.9 Å². The van der Waals surface area contributed by atoms with Gasteiger partial charge in [0.05, 0.1) is 12.8 Å². The summed E-state index contributed by atoms with van der Waals surface area (Å²) in [6, 6.07) is 5.76. The Balaban J connectivity index is 1.87. The molecule has 0 radical (unpaired) electrons. The number of Topliss-reactive ketones (excluding diaryl/α,β-unsaturated/α-hetero) is 1. The van der Waals surface area contributed by atoms with Gasteiger partial charge in [0.2, 0.25) is 5.78 Å². The van der Waals surface area contributed by atoms with E-state index in [1.807, 2.05) is 0 Å². The number of hydrogen-bond donors (Lipinski definition) is 2. The average Bonchev–Trinajstić information content (AvgIpc) is 3.02. The number of thiocarbonyl (C=S) groups is 1. The molecule has 8 heteroatoms. The summed E-state index contributed by atoms with van der Waals surface area (Å²) < 4.78 is 30.7. The lowest BCUT2D eigenvalue weighted by Crippen LogP contribution is -2.41. The molecule has 0 atom stereocenters. The van der Waals surface area contributed by atoms with Gasteiger partial charge in [-0.15, -0.1) is 0 Å². The van der Waals surface area contributed by atoms with Gasteiger partial charge in [0, 0.05) is 5.56 Å². The Kier molecular flexibility index (Phi) is 4.95. The number of hydrogen-bond acceptors (Lipinski definition) is 4. The first-order chi connectivity index (χ1) is 10.5. The standard InChI is InChI=1S/C14H10F2N2O3S/c15-9-4-3-8(6-10(9)16)13(20)18-14(22)17-7-11(19)12-2-1-5-21-12/h1-6H,7H2,(H2,17,18,20,22). The van der Waals surface area contributed by atoms with Crippen molar-refractivity contribution in [2.45, 2.75) is 0 Å². The van der Waals surface area contributed by atoms with Gasteiger partial charge < -0.3 is 9.73 Å². The highest BCUT2D eigenvalue weighted by Crippen LogP contribution is 2.08. The summed E-state index contributed by atoms with van der Waals surface area (Å²) >= 11 is 4.84. The molecule has 0 bridgehead atoms. The van der Waals surface area contributed by atoms with E-state index in [1.54, 1.807) is 6.07 Å². The third-order valence-electron chi connectivity index (χ3n) is 2.61. The first-order valence-corrected chi connectivity index (χ1v) is 6.49. The predicted octanol–water partition coefficient (Wildman–Crippen LogP) is 2.04. The number of rotatable bonds is 4. The fourth-order valence-electron chi connectivity index (χ4n) is 1.54. The molecule has 1 aromatic carbocycles. The molecule has 0 fully saturated rings. The highest BCUT2D eigenvalue weighted by atomic mass is 32.1. The van der Waals surface area contributed by atoms with Crippen LogP contribution in [-0.2, 0) is 0 Å². The Morgan fingerprint density at radius 2 is 1.95 bits per heavy atom. The third-order valence-corrected chi connectivity index (χ3v) is 2.86. The van der Waals surface area contributed by atoms with Crippen LogP contribution < -0.4 is 10.6 Å². The second kappa shape index (κ2) is 6.90. The monoisotopic (exact) mass is 324 g/mol. The average molecular weight is 324 g/mol. The Hall–Kier alpha value is -2.61. The molecule has 1 aromatic heterocycles. The van der Waals surface area contributed by atoms with Crippen LogP contribution in [0, 0.1) is 11.6 Å². The molecule has 0 saturated heterocycles. The molecule has 1 heterocycles. The first kappa shape index (κ1) is 15.8. The van der Waals surface area contributed by atoms with Gasteiger partial charge in [-0.05, 0) is 42.5 Å². The summed E-state index contributed by atoms with van der Waals surface area (Å²) in [6.45, 7) is -0.176. The largest absolute Gasteiger partial charge is 0.461 e. The topological polar surface area (TPSA) is 71.3 Å². The Bertz CT molecular complexity index is 717. The maximum Gasteiger partial charge on any atom is 0.257 e. The quantitative estimate of drug-likeness (QED) is 0.665. The van der Waals surface area contributed by atoms with Crippen LogP contribution in [0.25, 0.3) is 0 Å². The van der Waals surface area contributed by atoms with Crippen LogP contribution in [0.3, 0.4) is 0 Å². The van der Waals surface area contributed by atoms with E-state index in [0.717, 1.165) is 18.2 Å². The first-order valence-electron chi connectivity index (χ1n) is 6.08. The van der Waals surface area contributed by atoms with Crippen molar-refractivity contribution < 1.29 is 22.8 Å². The van der Waals surface area contributed by atoms with Gasteiger partial charge in [0.1, 0.15) is 0 Å². The number of amides is 1. The van der Waals surface area contributed by atoms with Crippen molar-refractivity contribution in [3.05, 3.63) is 59.6 Å². The summed E-state index contributed by atoms with van der Waals surface area (Å²) in [6.07, 6.45) is 1.36. The summed E-state index contributed by atoms with van der Waals surface area (Å²) in [7, 11) is 0. The van der Waals surface area contributed by atoms with E-state index in [1.165, 1.54) is 12.3 Å². The third kappa shape index (κ3) is 3.95. The number of ketones is 1. The molecule has 5 nitrogen and oxygen atoms in total. The summed E-state index contributed by atoms with van der Waals surface area (Å²) in [4.78, 5) is 23.4. The van der Waals surface area contributed by atoms with Crippen molar-refractivity contribution in [3.63, 3.8) is 0 Å². The smallest absolute Gasteiger partial charge is 0.257 e. The van der Waals surface area contributed by atoms with E-state index >= 15 is 0 Å². The van der Waals surface area contributed by atoms with Gasteiger partial charge in [-0.25, -0.2) is 8.78 Å². The van der Waals surface area contributed by atoms with Gasteiger partial charge >= 0.3 is 0 Å². The van der Waals surface area contributed by atoms with Crippen LogP contribution in [-0.4, -0.2) is 23.3 Å². The number of nitrogens with one attached hydrogen (secondary N) is 2. The lowest BCUT2D eigenvalue weighted by Gasteiger charge is -2.08. The van der Waals surface area contributed by atoms with E-state index in [9.17, 15) is 18.4 Å². The lowest BCUT2D eigenvalue weighted by atomic mass is 10.2. The van der Waals surface area contributed by atoms with Crippen molar-refractivity contribution in [2.75, 3.05) is 6.54 Å². The normalized spacial score (nSPS) is 10.1. The van der Waals surface area contributed by atoms with E-state index in [-0.39, 0.29) is 28.8 Å². The highest BCUT2D eigenvalue weighted by molar-refractivity contribution is 7.80. The van der Waals surface area contributed by atoms with Gasteiger partial charge in [0.15, 0.2) is 22.5 Å². The molecule has 0 aliphatic carbocycles. The van der Waals surface area contributed by atoms with Crippen LogP contribution in [0.2, 0.25) is 0 Å². The van der Waals surface area contributed by atoms with E-state index < -0.39 is 17.5 Å². The minimum absolute atomic E-state index is 0.0968. The Labute approximate surface area is 129 Å². The molecule has 2 aromatic rings. The highest BCUT2D eigenvalue weighted by Gasteiger charge is 2.13. The van der Waals surface area contributed by atoms with Crippen LogP contribution in [0.4, 0.5) is 8.78 Å². The number of halogens is 2. The molecule has 1 amide bonds. The van der Waals surface area contributed by atoms with Gasteiger partial charge in [-0.1, -0.05) is 0 Å². The number of carbonyl (C=O) groups excluding carboxylic acids is 2. The van der Waals surface area contributed by atoms with Crippen molar-refractivity contribution in [3.8, 4) is 0 Å². The lowest BCUT2D eigenvalue weighted by molar-refractivity contribution is 0.0957. The molecule has 22 heavy (non-hydrogen) atoms. The summed E-state index contributed by atoms with van der Waals surface area (Å²) in [5, 5.41) is 4.66. The Morgan fingerprint density at radius 3 is 2.59 bits per heavy atom. The van der Waals surface area contributed by atoms with Crippen LogP contribution >= 0.6 is 12.2 Å². The van der Waals surface area contributed by atoms with Gasteiger partial charge in [-0.2, -0.15) is 0 Å². The second-order valence-corrected chi connectivity index (χ2v) is 4.57. The SMILES string of the molecule is O=C(NC(=S)NCC(=O)c1ccco1)c1ccc(F)c(F)c1. The molecule has 2 rings (SSSR count). The van der Waals surface area contributed by atoms with Gasteiger partial charge in [0.25, 0.3) is 5.91 Å². The zero-order valence-electron chi connectivity index (χ0n) is 11.1. The maximum absolute atomic E-state index is 13.0. The molecular weight excluding hydrogens is 314 g/mol. The van der Waals surface area contributed by atoms with Crippen LogP contribution in [0.5, 0.6) is 0 Å². The molecule has 0 aliphatic heterocycles. The molecule has 0 unspecified atom stereocenters. The van der Waals surface area contributed by atoms with E-state index in [0.29, 0.717) is 0 Å². The number of carbonyl (C=O) groups is 2.